The summed E-state index contributed by atoms with van der Waals surface area (Å²) < 4.78 is 39.5. The van der Waals surface area contributed by atoms with Crippen molar-refractivity contribution in [2.75, 3.05) is 39.3 Å². The van der Waals surface area contributed by atoms with Crippen LogP contribution in [0.25, 0.3) is 0 Å². The quantitative estimate of drug-likeness (QED) is 0.677. The molecule has 2 atom stereocenters. The van der Waals surface area contributed by atoms with E-state index in [-0.39, 0.29) is 30.6 Å². The van der Waals surface area contributed by atoms with Crippen LogP contribution in [0.15, 0.2) is 42.5 Å². The highest BCUT2D eigenvalue weighted by molar-refractivity contribution is 6.31. The number of piperazine rings is 1. The number of aliphatic hydroxyl groups is 1. The highest BCUT2D eigenvalue weighted by atomic mass is 35.5. The van der Waals surface area contributed by atoms with Crippen LogP contribution >= 0.6 is 23.2 Å². The molecule has 2 saturated heterocycles. The predicted octanol–water partition coefficient (Wildman–Crippen LogP) is 3.66. The first-order chi connectivity index (χ1) is 16.0. The molecule has 1 N–H and O–H groups in total. The van der Waals surface area contributed by atoms with Gasteiger partial charge in [0.05, 0.1) is 22.7 Å². The van der Waals surface area contributed by atoms with Crippen molar-refractivity contribution in [3.05, 3.63) is 69.2 Å². The SMILES string of the molecule is O=C(c1ccc(Cl)cc1)N1CCN(C2CN(C(=O)c3ccc(Cl)c(C(F)(F)F)c3)CC2O)CC1. The minimum Gasteiger partial charge on any atom is -0.390 e. The molecular formula is C23H22Cl2F3N3O3. The Morgan fingerprint density at radius 1 is 0.853 bits per heavy atom. The van der Waals surface area contributed by atoms with Gasteiger partial charge in [-0.1, -0.05) is 23.2 Å². The molecule has 2 unspecified atom stereocenters. The van der Waals surface area contributed by atoms with Gasteiger partial charge < -0.3 is 14.9 Å². The molecule has 2 aromatic rings. The van der Waals surface area contributed by atoms with E-state index in [2.05, 4.69) is 0 Å². The van der Waals surface area contributed by atoms with Gasteiger partial charge in [0.2, 0.25) is 0 Å². The molecule has 4 rings (SSSR count). The van der Waals surface area contributed by atoms with E-state index in [4.69, 9.17) is 23.2 Å². The van der Waals surface area contributed by atoms with Gasteiger partial charge >= 0.3 is 6.18 Å². The summed E-state index contributed by atoms with van der Waals surface area (Å²) in [7, 11) is 0. The fourth-order valence-electron chi connectivity index (χ4n) is 4.38. The number of nitrogens with zero attached hydrogens (tertiary/aromatic N) is 3. The lowest BCUT2D eigenvalue weighted by Gasteiger charge is -2.38. The smallest absolute Gasteiger partial charge is 0.390 e. The third kappa shape index (κ3) is 5.17. The highest BCUT2D eigenvalue weighted by Gasteiger charge is 2.40. The number of rotatable bonds is 3. The van der Waals surface area contributed by atoms with E-state index in [1.165, 1.54) is 11.0 Å². The number of alkyl halides is 3. The van der Waals surface area contributed by atoms with Gasteiger partial charge in [0.15, 0.2) is 0 Å². The van der Waals surface area contributed by atoms with Crippen LogP contribution in [0.4, 0.5) is 13.2 Å². The van der Waals surface area contributed by atoms with Crippen molar-refractivity contribution in [2.45, 2.75) is 18.3 Å². The normalized spacial score (nSPS) is 21.7. The third-order valence-electron chi connectivity index (χ3n) is 6.23. The summed E-state index contributed by atoms with van der Waals surface area (Å²) in [6.07, 6.45) is -5.53. The summed E-state index contributed by atoms with van der Waals surface area (Å²) in [4.78, 5) is 30.6. The molecule has 2 aliphatic rings. The summed E-state index contributed by atoms with van der Waals surface area (Å²) >= 11 is 11.5. The summed E-state index contributed by atoms with van der Waals surface area (Å²) in [5.41, 5.74) is -0.669. The van der Waals surface area contributed by atoms with Crippen LogP contribution in [0.1, 0.15) is 26.3 Å². The number of hydrogen-bond donors (Lipinski definition) is 1. The molecule has 0 aromatic heterocycles. The van der Waals surface area contributed by atoms with Crippen LogP contribution in [0.3, 0.4) is 0 Å². The minimum atomic E-state index is -4.68. The molecule has 2 aliphatic heterocycles. The Morgan fingerprint density at radius 2 is 1.44 bits per heavy atom. The molecule has 2 aromatic carbocycles. The fourth-order valence-corrected chi connectivity index (χ4v) is 4.73. The molecule has 0 saturated carbocycles. The average molecular weight is 516 g/mol. The van der Waals surface area contributed by atoms with Crippen molar-refractivity contribution in [3.63, 3.8) is 0 Å². The second kappa shape index (κ2) is 9.73. The zero-order valence-corrected chi connectivity index (χ0v) is 19.4. The van der Waals surface area contributed by atoms with Crippen LogP contribution in [0, 0.1) is 0 Å². The third-order valence-corrected chi connectivity index (χ3v) is 6.81. The Bertz CT molecular complexity index is 1070. The molecule has 2 amide bonds. The van der Waals surface area contributed by atoms with Crippen molar-refractivity contribution in [1.29, 1.82) is 0 Å². The molecule has 2 fully saturated rings. The molecule has 34 heavy (non-hydrogen) atoms. The van der Waals surface area contributed by atoms with E-state index in [0.717, 1.165) is 12.1 Å². The van der Waals surface area contributed by atoms with Gasteiger partial charge in [0, 0.05) is 55.4 Å². The van der Waals surface area contributed by atoms with Gasteiger partial charge in [-0.05, 0) is 42.5 Å². The number of benzene rings is 2. The van der Waals surface area contributed by atoms with Gasteiger partial charge in [0.25, 0.3) is 11.8 Å². The Kier molecular flexibility index (Phi) is 7.09. The number of carbonyl (C=O) groups is 2. The molecule has 6 nitrogen and oxygen atoms in total. The summed E-state index contributed by atoms with van der Waals surface area (Å²) in [6.45, 7) is 2.09. The van der Waals surface area contributed by atoms with Crippen LogP contribution in [-0.4, -0.2) is 83.0 Å². The molecule has 11 heteroatoms. The van der Waals surface area contributed by atoms with Crippen molar-refractivity contribution in [2.24, 2.45) is 0 Å². The second-order valence-electron chi connectivity index (χ2n) is 8.37. The van der Waals surface area contributed by atoms with Gasteiger partial charge in [-0.3, -0.25) is 14.5 Å². The lowest BCUT2D eigenvalue weighted by Crippen LogP contribution is -2.54. The number of amides is 2. The van der Waals surface area contributed by atoms with Gasteiger partial charge in [-0.2, -0.15) is 13.2 Å². The highest BCUT2D eigenvalue weighted by Crippen LogP contribution is 2.35. The first-order valence-corrected chi connectivity index (χ1v) is 11.4. The van der Waals surface area contributed by atoms with Crippen LogP contribution in [0.2, 0.25) is 10.0 Å². The molecule has 182 valence electrons. The molecule has 0 bridgehead atoms. The number of β-amino-alcohol motifs (C(OH)–C–C–N with tert-alkyl or cyclic N) is 1. The fraction of sp³-hybridized carbons (Fsp3) is 0.391. The van der Waals surface area contributed by atoms with Crippen LogP contribution in [-0.2, 0) is 6.18 Å². The molecular weight excluding hydrogens is 494 g/mol. The predicted molar refractivity (Wildman–Crippen MR) is 121 cm³/mol. The Morgan fingerprint density at radius 3 is 2.06 bits per heavy atom. The Hall–Kier alpha value is -2.33. The van der Waals surface area contributed by atoms with Gasteiger partial charge in [-0.15, -0.1) is 0 Å². The van der Waals surface area contributed by atoms with Gasteiger partial charge in [0.1, 0.15) is 0 Å². The molecule has 0 spiro atoms. The largest absolute Gasteiger partial charge is 0.417 e. The zero-order valence-electron chi connectivity index (χ0n) is 17.9. The molecule has 0 aliphatic carbocycles. The topological polar surface area (TPSA) is 64.1 Å². The number of halogens is 5. The standard InChI is InChI=1S/C23H22Cl2F3N3O3/c24-16-4-1-14(2-5-16)21(33)30-9-7-29(8-10-30)19-12-31(13-20(19)32)22(34)15-3-6-18(25)17(11-15)23(26,27)28/h1-6,11,19-20,32H,7-10,12-13H2. The lowest BCUT2D eigenvalue weighted by molar-refractivity contribution is -0.137. The van der Waals surface area contributed by atoms with Crippen LogP contribution < -0.4 is 0 Å². The van der Waals surface area contributed by atoms with Crippen molar-refractivity contribution in [1.82, 2.24) is 14.7 Å². The summed E-state index contributed by atoms with van der Waals surface area (Å²) in [5.74, 6) is -0.705. The van der Waals surface area contributed by atoms with Gasteiger partial charge in [-0.25, -0.2) is 0 Å². The minimum absolute atomic E-state index is 0.0113. The molecule has 0 radical (unpaired) electrons. The first kappa shape index (κ1) is 24.8. The Balaban J connectivity index is 1.38. The van der Waals surface area contributed by atoms with E-state index in [9.17, 15) is 27.9 Å². The average Bonchev–Trinajstić information content (AvgIpc) is 3.20. The summed E-state index contributed by atoms with van der Waals surface area (Å²) in [6, 6.07) is 9.33. The monoisotopic (exact) mass is 515 g/mol. The van der Waals surface area contributed by atoms with Crippen LogP contribution in [0.5, 0.6) is 0 Å². The lowest BCUT2D eigenvalue weighted by atomic mass is 10.1. The number of carbonyl (C=O) groups excluding carboxylic acids is 2. The first-order valence-electron chi connectivity index (χ1n) is 10.7. The van der Waals surface area contributed by atoms with E-state index in [0.29, 0.717) is 36.8 Å². The van der Waals surface area contributed by atoms with Crippen molar-refractivity contribution in [3.8, 4) is 0 Å². The van der Waals surface area contributed by atoms with E-state index < -0.39 is 28.8 Å². The number of likely N-dealkylation sites (tertiary alicyclic amines) is 1. The van der Waals surface area contributed by atoms with E-state index >= 15 is 0 Å². The maximum atomic E-state index is 13.2. The van der Waals surface area contributed by atoms with E-state index in [1.807, 2.05) is 4.90 Å². The van der Waals surface area contributed by atoms with Crippen molar-refractivity contribution < 1.29 is 27.9 Å². The van der Waals surface area contributed by atoms with Crippen molar-refractivity contribution >= 4 is 35.0 Å². The maximum Gasteiger partial charge on any atom is 0.417 e. The number of hydrogen-bond acceptors (Lipinski definition) is 4. The van der Waals surface area contributed by atoms with E-state index in [1.54, 1.807) is 29.2 Å². The molecule has 2 heterocycles. The second-order valence-corrected chi connectivity index (χ2v) is 9.22. The Labute approximate surface area is 204 Å². The maximum absolute atomic E-state index is 13.2. The number of aliphatic hydroxyl groups excluding tert-OH is 1. The summed E-state index contributed by atoms with van der Waals surface area (Å²) in [5, 5.41) is 10.7. The zero-order chi connectivity index (χ0) is 24.6.